The maximum absolute atomic E-state index is 13.6. The van der Waals surface area contributed by atoms with E-state index in [0.717, 1.165) is 29.8 Å². The Morgan fingerprint density at radius 2 is 1.88 bits per heavy atom. The van der Waals surface area contributed by atoms with E-state index in [9.17, 15) is 18.7 Å². The number of anilines is 2. The van der Waals surface area contributed by atoms with Crippen molar-refractivity contribution in [3.05, 3.63) is 71.6 Å². The molecule has 1 amide bonds. The van der Waals surface area contributed by atoms with Crippen LogP contribution in [0.25, 0.3) is 11.1 Å². The Bertz CT molecular complexity index is 1160. The molecule has 3 aromatic rings. The highest BCUT2D eigenvalue weighted by Crippen LogP contribution is 2.30. The van der Waals surface area contributed by atoms with E-state index in [1.54, 1.807) is 25.5 Å². The van der Waals surface area contributed by atoms with Crippen molar-refractivity contribution in [2.75, 3.05) is 44.9 Å². The summed E-state index contributed by atoms with van der Waals surface area (Å²) in [6.45, 7) is 1.84. The second kappa shape index (κ2) is 10.7. The fourth-order valence-electron chi connectivity index (χ4n) is 3.85. The molecule has 1 aliphatic rings. The normalized spacial score (nSPS) is 14.1. The fourth-order valence-corrected chi connectivity index (χ4v) is 3.85. The number of ether oxygens (including phenoxy) is 1. The average Bonchev–Trinajstić information content (AvgIpc) is 2.95. The monoisotopic (exact) mass is 468 g/mol. The Balaban J connectivity index is 1.70. The number of likely N-dealkylation sites (N-methyl/N-ethyl adjacent to an activating group) is 1. The van der Waals surface area contributed by atoms with Crippen molar-refractivity contribution in [2.45, 2.75) is 12.8 Å². The third-order valence-electron chi connectivity index (χ3n) is 5.72. The van der Waals surface area contributed by atoms with Crippen LogP contribution in [-0.4, -0.2) is 65.8 Å². The number of fused-ring (bicyclic) bond motifs is 1. The van der Waals surface area contributed by atoms with Gasteiger partial charge in [0.25, 0.3) is 5.91 Å². The van der Waals surface area contributed by atoms with E-state index in [-0.39, 0.29) is 19.1 Å². The first-order valence-electron chi connectivity index (χ1n) is 11.1. The van der Waals surface area contributed by atoms with Crippen molar-refractivity contribution in [1.29, 1.82) is 0 Å². The minimum Gasteiger partial charge on any atom is -0.395 e. The van der Waals surface area contributed by atoms with Crippen LogP contribution in [0.3, 0.4) is 0 Å². The van der Waals surface area contributed by atoms with E-state index in [1.807, 2.05) is 17.0 Å². The summed E-state index contributed by atoms with van der Waals surface area (Å²) >= 11 is 0. The summed E-state index contributed by atoms with van der Waals surface area (Å²) in [5.41, 5.74) is 3.35. The van der Waals surface area contributed by atoms with Crippen LogP contribution in [0.4, 0.5) is 20.4 Å². The zero-order valence-electron chi connectivity index (χ0n) is 18.9. The van der Waals surface area contributed by atoms with Crippen LogP contribution in [-0.2, 0) is 11.2 Å². The first kappa shape index (κ1) is 23.7. The molecule has 1 aromatic heterocycles. The number of rotatable bonds is 5. The summed E-state index contributed by atoms with van der Waals surface area (Å²) in [4.78, 5) is 25.2. The molecule has 0 radical (unpaired) electrons. The zero-order chi connectivity index (χ0) is 24.1. The van der Waals surface area contributed by atoms with Crippen molar-refractivity contribution in [2.24, 2.45) is 0 Å². The lowest BCUT2D eigenvalue weighted by molar-refractivity contribution is 0.0767. The van der Waals surface area contributed by atoms with E-state index >= 15 is 0 Å². The first-order chi connectivity index (χ1) is 16.5. The molecule has 0 fully saturated rings. The highest BCUT2D eigenvalue weighted by Gasteiger charge is 2.21. The summed E-state index contributed by atoms with van der Waals surface area (Å²) in [5, 5.41) is 9.18. The molecule has 9 heteroatoms. The number of aromatic nitrogens is 2. The molecule has 7 nitrogen and oxygen atoms in total. The molecular formula is C25H26F2N4O3. The number of hydrogen-bond acceptors (Lipinski definition) is 6. The molecule has 0 atom stereocenters. The predicted octanol–water partition coefficient (Wildman–Crippen LogP) is 3.59. The van der Waals surface area contributed by atoms with Crippen LogP contribution in [0.15, 0.2) is 48.8 Å². The van der Waals surface area contributed by atoms with Gasteiger partial charge in [-0.05, 0) is 48.2 Å². The average molecular weight is 469 g/mol. The summed E-state index contributed by atoms with van der Waals surface area (Å²) in [5.74, 6) is -1.60. The number of benzene rings is 2. The van der Waals surface area contributed by atoms with Crippen molar-refractivity contribution >= 4 is 17.5 Å². The van der Waals surface area contributed by atoms with E-state index in [0.29, 0.717) is 48.8 Å². The van der Waals surface area contributed by atoms with Crippen LogP contribution in [0.5, 0.6) is 0 Å². The van der Waals surface area contributed by atoms with Gasteiger partial charge in [0.15, 0.2) is 11.6 Å². The van der Waals surface area contributed by atoms with Crippen molar-refractivity contribution in [1.82, 2.24) is 14.9 Å². The summed E-state index contributed by atoms with van der Waals surface area (Å²) < 4.78 is 32.6. The minimum absolute atomic E-state index is 0.116. The third kappa shape index (κ3) is 5.21. The van der Waals surface area contributed by atoms with Gasteiger partial charge in [0.2, 0.25) is 5.95 Å². The van der Waals surface area contributed by atoms with Crippen LogP contribution in [0.2, 0.25) is 0 Å². The van der Waals surface area contributed by atoms with Crippen LogP contribution >= 0.6 is 0 Å². The smallest absolute Gasteiger partial charge is 0.253 e. The number of aliphatic hydroxyl groups is 1. The maximum atomic E-state index is 13.6. The molecule has 0 saturated carbocycles. The molecule has 0 unspecified atom stereocenters. The van der Waals surface area contributed by atoms with Gasteiger partial charge in [-0.25, -0.2) is 18.7 Å². The number of halogens is 2. The number of nitrogens with zero attached hydrogens (tertiary/aromatic N) is 4. The van der Waals surface area contributed by atoms with E-state index in [1.165, 1.54) is 11.0 Å². The number of hydrogen-bond donors (Lipinski definition) is 1. The molecular weight excluding hydrogens is 442 g/mol. The molecule has 178 valence electrons. The number of aliphatic hydroxyl groups excluding tert-OH is 1. The number of carbonyl (C=O) groups excluding carboxylic acids is 1. The fraction of sp³-hybridized carbons (Fsp3) is 0.320. The van der Waals surface area contributed by atoms with E-state index < -0.39 is 11.6 Å². The van der Waals surface area contributed by atoms with Gasteiger partial charge in [-0.15, -0.1) is 0 Å². The van der Waals surface area contributed by atoms with Crippen LogP contribution in [0.1, 0.15) is 22.3 Å². The molecule has 1 N–H and O–H groups in total. The van der Waals surface area contributed by atoms with Gasteiger partial charge in [-0.2, -0.15) is 0 Å². The number of carbonyl (C=O) groups is 1. The van der Waals surface area contributed by atoms with Crippen LogP contribution in [0, 0.1) is 11.6 Å². The second-order valence-corrected chi connectivity index (χ2v) is 8.06. The molecule has 1 aliphatic heterocycles. The van der Waals surface area contributed by atoms with Crippen LogP contribution < -0.4 is 4.90 Å². The standard InChI is InChI=1S/C25H26F2N4O3/c1-30(9-10-32)24(33)19-4-3-17-7-12-34-11-2-8-31(23(17)14-19)25-28-15-20(16-29-25)18-5-6-21(26)22(27)13-18/h3-6,13-16,32H,2,7-12H2,1H3. The van der Waals surface area contributed by atoms with Crippen molar-refractivity contribution in [3.63, 3.8) is 0 Å². The molecule has 0 bridgehead atoms. The SMILES string of the molecule is CN(CCO)C(=O)c1ccc2c(c1)N(c1ncc(-c3ccc(F)c(F)c3)cn1)CCCOCC2. The Hall–Kier alpha value is -3.43. The van der Waals surface area contributed by atoms with E-state index in [4.69, 9.17) is 4.74 Å². The predicted molar refractivity (Wildman–Crippen MR) is 124 cm³/mol. The lowest BCUT2D eigenvalue weighted by Crippen LogP contribution is -2.30. The topological polar surface area (TPSA) is 78.8 Å². The van der Waals surface area contributed by atoms with Gasteiger partial charge in [0.05, 0.1) is 13.2 Å². The van der Waals surface area contributed by atoms with Gasteiger partial charge in [-0.3, -0.25) is 4.79 Å². The van der Waals surface area contributed by atoms with Gasteiger partial charge in [0, 0.05) is 56.0 Å². The minimum atomic E-state index is -0.932. The maximum Gasteiger partial charge on any atom is 0.253 e. The van der Waals surface area contributed by atoms with Gasteiger partial charge in [-0.1, -0.05) is 12.1 Å². The van der Waals surface area contributed by atoms with Crippen molar-refractivity contribution < 1.29 is 23.4 Å². The zero-order valence-corrected chi connectivity index (χ0v) is 18.9. The van der Waals surface area contributed by atoms with Crippen molar-refractivity contribution in [3.8, 4) is 11.1 Å². The molecule has 2 heterocycles. The molecule has 34 heavy (non-hydrogen) atoms. The van der Waals surface area contributed by atoms with E-state index in [2.05, 4.69) is 9.97 Å². The summed E-state index contributed by atoms with van der Waals surface area (Å²) in [7, 11) is 1.64. The second-order valence-electron chi connectivity index (χ2n) is 8.06. The molecule has 0 aliphatic carbocycles. The Kier molecular flexibility index (Phi) is 7.44. The largest absolute Gasteiger partial charge is 0.395 e. The Labute approximate surface area is 196 Å². The lowest BCUT2D eigenvalue weighted by atomic mass is 10.0. The third-order valence-corrected chi connectivity index (χ3v) is 5.72. The quantitative estimate of drug-likeness (QED) is 0.617. The highest BCUT2D eigenvalue weighted by atomic mass is 19.2. The first-order valence-corrected chi connectivity index (χ1v) is 11.1. The Morgan fingerprint density at radius 1 is 1.09 bits per heavy atom. The van der Waals surface area contributed by atoms with Gasteiger partial charge >= 0.3 is 0 Å². The number of amides is 1. The van der Waals surface area contributed by atoms with Gasteiger partial charge in [0.1, 0.15) is 0 Å². The molecule has 4 rings (SSSR count). The Morgan fingerprint density at radius 3 is 2.62 bits per heavy atom. The molecule has 0 saturated heterocycles. The molecule has 0 spiro atoms. The summed E-state index contributed by atoms with van der Waals surface area (Å²) in [6, 6.07) is 9.17. The van der Waals surface area contributed by atoms with Gasteiger partial charge < -0.3 is 19.6 Å². The summed E-state index contributed by atoms with van der Waals surface area (Å²) in [6.07, 6.45) is 4.54. The molecule has 2 aromatic carbocycles. The highest BCUT2D eigenvalue weighted by molar-refractivity contribution is 5.95. The lowest BCUT2D eigenvalue weighted by Gasteiger charge is -2.25.